The van der Waals surface area contributed by atoms with Gasteiger partial charge in [0.15, 0.2) is 0 Å². The van der Waals surface area contributed by atoms with E-state index in [1.807, 2.05) is 49.4 Å². The number of rotatable bonds is 5. The summed E-state index contributed by atoms with van der Waals surface area (Å²) in [5.74, 6) is -1.77. The van der Waals surface area contributed by atoms with Crippen LogP contribution in [0.4, 0.5) is 5.69 Å². The summed E-state index contributed by atoms with van der Waals surface area (Å²) in [4.78, 5) is 39.0. The molecule has 6 heteroatoms. The maximum Gasteiger partial charge on any atom is 0.337 e. The van der Waals surface area contributed by atoms with Crippen LogP contribution in [0, 0.1) is 0 Å². The predicted octanol–water partition coefficient (Wildman–Crippen LogP) is 5.21. The first-order chi connectivity index (χ1) is 15.9. The lowest BCUT2D eigenvalue weighted by molar-refractivity contribution is -0.111. The Morgan fingerprint density at radius 3 is 2.30 bits per heavy atom. The minimum absolute atomic E-state index is 0.0599. The molecule has 6 nitrogen and oxygen atoms in total. The fourth-order valence-corrected chi connectivity index (χ4v) is 4.13. The number of carbonyl (C=O) groups excluding carboxylic acids is 2. The highest BCUT2D eigenvalue weighted by Crippen LogP contribution is 2.23. The molecule has 0 radical (unpaired) electrons. The molecule has 168 valence electrons. The molecule has 0 atom stereocenters. The first kappa shape index (κ1) is 22.3. The van der Waals surface area contributed by atoms with E-state index in [0.29, 0.717) is 18.7 Å². The van der Waals surface area contributed by atoms with Crippen LogP contribution in [0.3, 0.4) is 0 Å². The molecule has 0 bridgehead atoms. The molecule has 3 aromatic carbocycles. The first-order valence-electron chi connectivity index (χ1n) is 11.1. The summed E-state index contributed by atoms with van der Waals surface area (Å²) in [6.07, 6.45) is 4.46. The van der Waals surface area contributed by atoms with Gasteiger partial charge in [-0.05, 0) is 72.4 Å². The highest BCUT2D eigenvalue weighted by atomic mass is 16.4. The lowest BCUT2D eigenvalue weighted by Gasteiger charge is -2.27. The second kappa shape index (κ2) is 9.69. The Hall–Kier alpha value is -3.93. The van der Waals surface area contributed by atoms with Gasteiger partial charge in [-0.1, -0.05) is 36.4 Å². The van der Waals surface area contributed by atoms with Crippen LogP contribution in [0.1, 0.15) is 52.5 Å². The summed E-state index contributed by atoms with van der Waals surface area (Å²) in [5.41, 5.74) is 2.06. The van der Waals surface area contributed by atoms with Crippen molar-refractivity contribution in [2.24, 2.45) is 0 Å². The quantitative estimate of drug-likeness (QED) is 0.531. The lowest BCUT2D eigenvalue weighted by atomic mass is 10.0. The van der Waals surface area contributed by atoms with Crippen molar-refractivity contribution in [3.05, 3.63) is 83.4 Å². The van der Waals surface area contributed by atoms with Gasteiger partial charge >= 0.3 is 5.97 Å². The standard InChI is InChI=1S/C27H26N2O4/c1-18(20-10-9-19-7-3-4-8-21(19)16-20)15-25(30)28-24-17-22(11-12-23(24)27(32)33)26(31)29-13-5-2-6-14-29/h3-4,7-12,15-17H,2,5-6,13-14H2,1H3,(H,28,30)(H,32,33)/b18-15-. The highest BCUT2D eigenvalue weighted by molar-refractivity contribution is 6.08. The van der Waals surface area contributed by atoms with Crippen LogP contribution in [-0.2, 0) is 4.79 Å². The minimum atomic E-state index is -1.17. The Labute approximate surface area is 192 Å². The van der Waals surface area contributed by atoms with E-state index >= 15 is 0 Å². The molecule has 3 aromatic rings. The van der Waals surface area contributed by atoms with E-state index in [1.54, 1.807) is 4.90 Å². The van der Waals surface area contributed by atoms with Crippen LogP contribution >= 0.6 is 0 Å². The first-order valence-corrected chi connectivity index (χ1v) is 11.1. The number of benzene rings is 3. The maximum atomic E-state index is 12.8. The summed E-state index contributed by atoms with van der Waals surface area (Å²) in [6.45, 7) is 3.21. The van der Waals surface area contributed by atoms with Gasteiger partial charge in [-0.15, -0.1) is 0 Å². The SMILES string of the molecule is C/C(=C/C(=O)Nc1cc(C(=O)N2CCCCC2)ccc1C(=O)O)c1ccc2ccccc2c1. The fraction of sp³-hybridized carbons (Fsp3) is 0.222. The second-order valence-electron chi connectivity index (χ2n) is 8.30. The third-order valence-corrected chi connectivity index (χ3v) is 5.95. The van der Waals surface area contributed by atoms with Crippen molar-refractivity contribution in [2.45, 2.75) is 26.2 Å². The highest BCUT2D eigenvalue weighted by Gasteiger charge is 2.21. The number of nitrogens with one attached hydrogen (secondary N) is 1. The maximum absolute atomic E-state index is 12.8. The van der Waals surface area contributed by atoms with Gasteiger partial charge in [-0.3, -0.25) is 9.59 Å². The molecule has 2 N–H and O–H groups in total. The van der Waals surface area contributed by atoms with E-state index in [9.17, 15) is 19.5 Å². The zero-order valence-corrected chi connectivity index (χ0v) is 18.5. The zero-order chi connectivity index (χ0) is 23.4. The molecule has 1 aliphatic rings. The molecule has 0 unspecified atom stereocenters. The predicted molar refractivity (Wildman–Crippen MR) is 129 cm³/mol. The van der Waals surface area contributed by atoms with Gasteiger partial charge in [0.1, 0.15) is 0 Å². The number of hydrogen-bond acceptors (Lipinski definition) is 3. The monoisotopic (exact) mass is 442 g/mol. The van der Waals surface area contributed by atoms with Crippen molar-refractivity contribution in [3.8, 4) is 0 Å². The van der Waals surface area contributed by atoms with E-state index < -0.39 is 11.9 Å². The third kappa shape index (κ3) is 5.12. The molecule has 0 saturated carbocycles. The fourth-order valence-electron chi connectivity index (χ4n) is 4.13. The Bertz CT molecular complexity index is 1260. The van der Waals surface area contributed by atoms with Gasteiger partial charge < -0.3 is 15.3 Å². The molecule has 1 saturated heterocycles. The normalized spacial score (nSPS) is 14.2. The van der Waals surface area contributed by atoms with E-state index in [0.717, 1.165) is 41.2 Å². The van der Waals surface area contributed by atoms with Gasteiger partial charge in [-0.2, -0.15) is 0 Å². The van der Waals surface area contributed by atoms with E-state index in [1.165, 1.54) is 24.3 Å². The molecular formula is C27H26N2O4. The average Bonchev–Trinajstić information content (AvgIpc) is 2.83. The topological polar surface area (TPSA) is 86.7 Å². The van der Waals surface area contributed by atoms with Gasteiger partial charge in [-0.25, -0.2) is 4.79 Å². The van der Waals surface area contributed by atoms with Crippen molar-refractivity contribution < 1.29 is 19.5 Å². The van der Waals surface area contributed by atoms with Gasteiger partial charge in [0.25, 0.3) is 5.91 Å². The number of fused-ring (bicyclic) bond motifs is 1. The summed E-state index contributed by atoms with van der Waals surface area (Å²) < 4.78 is 0. The molecule has 1 fully saturated rings. The Kier molecular flexibility index (Phi) is 6.54. The Balaban J connectivity index is 1.57. The number of carboxylic acids is 1. The molecule has 2 amide bonds. The zero-order valence-electron chi connectivity index (χ0n) is 18.5. The van der Waals surface area contributed by atoms with E-state index in [-0.39, 0.29) is 17.2 Å². The molecule has 1 aliphatic heterocycles. The van der Waals surface area contributed by atoms with Crippen LogP contribution in [0.25, 0.3) is 16.3 Å². The van der Waals surface area contributed by atoms with Gasteiger partial charge in [0.05, 0.1) is 11.3 Å². The number of piperidine rings is 1. The van der Waals surface area contributed by atoms with Crippen molar-refractivity contribution in [1.82, 2.24) is 4.90 Å². The largest absolute Gasteiger partial charge is 0.478 e. The Morgan fingerprint density at radius 2 is 1.58 bits per heavy atom. The van der Waals surface area contributed by atoms with Crippen LogP contribution in [0.5, 0.6) is 0 Å². The number of carbonyl (C=O) groups is 3. The number of nitrogens with zero attached hydrogens (tertiary/aromatic N) is 1. The van der Waals surface area contributed by atoms with Crippen LogP contribution in [0.15, 0.2) is 66.7 Å². The smallest absolute Gasteiger partial charge is 0.337 e. The second-order valence-corrected chi connectivity index (χ2v) is 8.30. The number of allylic oxidation sites excluding steroid dienone is 1. The minimum Gasteiger partial charge on any atom is -0.478 e. The van der Waals surface area contributed by atoms with Gasteiger partial charge in [0, 0.05) is 24.7 Å². The number of hydrogen-bond donors (Lipinski definition) is 2. The molecule has 33 heavy (non-hydrogen) atoms. The van der Waals surface area contributed by atoms with Crippen LogP contribution in [0.2, 0.25) is 0 Å². The summed E-state index contributed by atoms with van der Waals surface area (Å²) >= 11 is 0. The lowest BCUT2D eigenvalue weighted by Crippen LogP contribution is -2.35. The Morgan fingerprint density at radius 1 is 0.879 bits per heavy atom. The van der Waals surface area contributed by atoms with Crippen LogP contribution < -0.4 is 5.32 Å². The number of amides is 2. The van der Waals surface area contributed by atoms with Crippen molar-refractivity contribution in [1.29, 1.82) is 0 Å². The average molecular weight is 443 g/mol. The van der Waals surface area contributed by atoms with Crippen LogP contribution in [-0.4, -0.2) is 40.9 Å². The molecule has 0 aliphatic carbocycles. The number of aromatic carboxylic acids is 1. The molecular weight excluding hydrogens is 416 g/mol. The van der Waals surface area contributed by atoms with Gasteiger partial charge in [0.2, 0.25) is 5.91 Å². The van der Waals surface area contributed by atoms with Crippen molar-refractivity contribution in [3.63, 3.8) is 0 Å². The molecule has 4 rings (SSSR count). The van der Waals surface area contributed by atoms with E-state index in [4.69, 9.17) is 0 Å². The number of likely N-dealkylation sites (tertiary alicyclic amines) is 1. The molecule has 1 heterocycles. The number of anilines is 1. The molecule has 0 aromatic heterocycles. The van der Waals surface area contributed by atoms with Crippen molar-refractivity contribution >= 4 is 39.8 Å². The van der Waals surface area contributed by atoms with Crippen molar-refractivity contribution in [2.75, 3.05) is 18.4 Å². The summed E-state index contributed by atoms with van der Waals surface area (Å²) in [5, 5.41) is 14.4. The number of carboxylic acid groups (broad SMARTS) is 1. The van der Waals surface area contributed by atoms with E-state index in [2.05, 4.69) is 5.32 Å². The summed E-state index contributed by atoms with van der Waals surface area (Å²) in [6, 6.07) is 18.3. The third-order valence-electron chi connectivity index (χ3n) is 5.95. The summed E-state index contributed by atoms with van der Waals surface area (Å²) in [7, 11) is 0. The molecule has 0 spiro atoms.